The fraction of sp³-hybridized carbons (Fsp3) is 0. The Morgan fingerprint density at radius 1 is 1.00 bits per heavy atom. The molecule has 0 fully saturated rings. The monoisotopic (exact) mass is 230 g/mol. The minimum absolute atomic E-state index is 0.547. The van der Waals surface area contributed by atoms with Crippen molar-refractivity contribution in [3.8, 4) is 6.07 Å². The fourth-order valence-corrected chi connectivity index (χ4v) is 2.01. The molecule has 1 aromatic carbocycles. The third-order valence-corrected chi connectivity index (χ3v) is 2.84. The molecule has 0 saturated heterocycles. The smallest absolute Gasteiger partial charge is 0.198 e. The molecular formula is C14H6N4. The lowest BCUT2D eigenvalue weighted by molar-refractivity contribution is 1.37. The number of benzene rings is 1. The maximum atomic E-state index is 9.06. The molecule has 4 nitrogen and oxygen atoms in total. The molecule has 18 heavy (non-hydrogen) atoms. The fourth-order valence-electron chi connectivity index (χ4n) is 2.01. The second-order valence-corrected chi connectivity index (χ2v) is 3.77. The van der Waals surface area contributed by atoms with Crippen LogP contribution in [0.2, 0.25) is 0 Å². The maximum absolute atomic E-state index is 9.06. The standard InChI is InChI=1S/C14H6N4/c1-16-12-5-7-18-14-11(12)3-2-10-9(8-15)4-6-17-13(10)14/h2-7H. The molecule has 4 heteroatoms. The highest BCUT2D eigenvalue weighted by molar-refractivity contribution is 6.08. The quantitative estimate of drug-likeness (QED) is 0.440. The summed E-state index contributed by atoms with van der Waals surface area (Å²) in [5.74, 6) is 0. The minimum Gasteiger partial charge on any atom is -0.257 e. The number of aromatic nitrogens is 2. The summed E-state index contributed by atoms with van der Waals surface area (Å²) in [5, 5.41) is 10.6. The predicted molar refractivity (Wildman–Crippen MR) is 68.0 cm³/mol. The molecule has 0 radical (unpaired) electrons. The van der Waals surface area contributed by atoms with Crippen LogP contribution < -0.4 is 0 Å². The van der Waals surface area contributed by atoms with Gasteiger partial charge in [0, 0.05) is 23.2 Å². The lowest BCUT2D eigenvalue weighted by atomic mass is 10.1. The van der Waals surface area contributed by atoms with E-state index < -0.39 is 0 Å². The second kappa shape index (κ2) is 3.80. The van der Waals surface area contributed by atoms with Crippen LogP contribution in [0.5, 0.6) is 0 Å². The summed E-state index contributed by atoms with van der Waals surface area (Å²) in [6.07, 6.45) is 3.18. The van der Waals surface area contributed by atoms with Gasteiger partial charge in [-0.2, -0.15) is 5.26 Å². The summed E-state index contributed by atoms with van der Waals surface area (Å²) >= 11 is 0. The zero-order chi connectivity index (χ0) is 12.5. The van der Waals surface area contributed by atoms with Crippen LogP contribution in [-0.4, -0.2) is 9.97 Å². The van der Waals surface area contributed by atoms with Crippen LogP contribution in [0.25, 0.3) is 26.7 Å². The van der Waals surface area contributed by atoms with Gasteiger partial charge in [0.1, 0.15) is 0 Å². The van der Waals surface area contributed by atoms with Gasteiger partial charge in [0.25, 0.3) is 0 Å². The molecule has 0 spiro atoms. The SMILES string of the molecule is [C-]#[N+]c1ccnc2c1ccc1c(C#N)ccnc12. The summed E-state index contributed by atoms with van der Waals surface area (Å²) in [5.41, 5.74) is 2.44. The van der Waals surface area contributed by atoms with Gasteiger partial charge >= 0.3 is 0 Å². The van der Waals surface area contributed by atoms with Crippen LogP contribution in [0.3, 0.4) is 0 Å². The van der Waals surface area contributed by atoms with Gasteiger partial charge in [-0.25, -0.2) is 4.85 Å². The minimum atomic E-state index is 0.547. The van der Waals surface area contributed by atoms with E-state index in [9.17, 15) is 0 Å². The zero-order valence-electron chi connectivity index (χ0n) is 9.25. The maximum Gasteiger partial charge on any atom is 0.198 e. The molecule has 0 atom stereocenters. The number of hydrogen-bond acceptors (Lipinski definition) is 3. The van der Waals surface area contributed by atoms with Crippen LogP contribution in [0.1, 0.15) is 5.56 Å². The van der Waals surface area contributed by atoms with E-state index in [0.29, 0.717) is 22.3 Å². The first-order chi connectivity index (χ1) is 8.85. The molecule has 82 valence electrons. The first-order valence-electron chi connectivity index (χ1n) is 5.29. The second-order valence-electron chi connectivity index (χ2n) is 3.77. The molecular weight excluding hydrogens is 224 g/mol. The van der Waals surface area contributed by atoms with Crippen molar-refractivity contribution in [1.29, 1.82) is 5.26 Å². The number of rotatable bonds is 0. The van der Waals surface area contributed by atoms with Gasteiger partial charge in [0.2, 0.25) is 0 Å². The number of nitriles is 1. The van der Waals surface area contributed by atoms with Crippen LogP contribution >= 0.6 is 0 Å². The van der Waals surface area contributed by atoms with Crippen LogP contribution in [0.4, 0.5) is 5.69 Å². The Balaban J connectivity index is 2.57. The van der Waals surface area contributed by atoms with Crippen molar-refractivity contribution in [1.82, 2.24) is 9.97 Å². The van der Waals surface area contributed by atoms with E-state index in [4.69, 9.17) is 11.8 Å². The van der Waals surface area contributed by atoms with E-state index in [1.807, 2.05) is 12.1 Å². The van der Waals surface area contributed by atoms with Gasteiger partial charge < -0.3 is 0 Å². The highest BCUT2D eigenvalue weighted by atomic mass is 14.8. The molecule has 0 aliphatic carbocycles. The number of pyridine rings is 2. The van der Waals surface area contributed by atoms with Crippen LogP contribution in [0, 0.1) is 17.9 Å². The van der Waals surface area contributed by atoms with Crippen LogP contribution in [0.15, 0.2) is 36.7 Å². The van der Waals surface area contributed by atoms with Crippen molar-refractivity contribution in [2.45, 2.75) is 0 Å². The normalized spacial score (nSPS) is 10.1. The number of fused-ring (bicyclic) bond motifs is 3. The molecule has 2 heterocycles. The van der Waals surface area contributed by atoms with Crippen molar-refractivity contribution in [2.24, 2.45) is 0 Å². The average molecular weight is 230 g/mol. The van der Waals surface area contributed by atoms with Gasteiger partial charge in [-0.3, -0.25) is 9.97 Å². The molecule has 0 aliphatic heterocycles. The predicted octanol–water partition coefficient (Wildman–Crippen LogP) is 3.21. The summed E-state index contributed by atoms with van der Waals surface area (Å²) in [6, 6.07) is 9.12. The van der Waals surface area contributed by atoms with E-state index in [1.165, 1.54) is 0 Å². The molecule has 0 saturated carbocycles. The third-order valence-electron chi connectivity index (χ3n) is 2.84. The molecule has 0 bridgehead atoms. The lowest BCUT2D eigenvalue weighted by Gasteiger charge is -2.04. The van der Waals surface area contributed by atoms with Crippen molar-refractivity contribution in [3.63, 3.8) is 0 Å². The largest absolute Gasteiger partial charge is 0.257 e. The number of hydrogen-bond donors (Lipinski definition) is 0. The zero-order valence-corrected chi connectivity index (χ0v) is 9.25. The van der Waals surface area contributed by atoms with E-state index in [-0.39, 0.29) is 0 Å². The Morgan fingerprint density at radius 2 is 1.67 bits per heavy atom. The Hall–Kier alpha value is -2.98. The summed E-state index contributed by atoms with van der Waals surface area (Å²) in [4.78, 5) is 12.0. The first kappa shape index (κ1) is 10.2. The Bertz CT molecular complexity index is 780. The summed E-state index contributed by atoms with van der Waals surface area (Å²) in [7, 11) is 0. The first-order valence-corrected chi connectivity index (χ1v) is 5.29. The van der Waals surface area contributed by atoms with Crippen molar-refractivity contribution in [3.05, 3.63) is 53.6 Å². The average Bonchev–Trinajstić information content (AvgIpc) is 2.45. The van der Waals surface area contributed by atoms with Gasteiger partial charge in [0.15, 0.2) is 5.69 Å². The molecule has 0 N–H and O–H groups in total. The van der Waals surface area contributed by atoms with Crippen molar-refractivity contribution < 1.29 is 0 Å². The van der Waals surface area contributed by atoms with Crippen molar-refractivity contribution >= 4 is 27.5 Å². The van der Waals surface area contributed by atoms with Crippen LogP contribution in [-0.2, 0) is 0 Å². The highest BCUT2D eigenvalue weighted by Gasteiger charge is 2.08. The highest BCUT2D eigenvalue weighted by Crippen LogP contribution is 2.30. The van der Waals surface area contributed by atoms with Gasteiger partial charge in [-0.1, -0.05) is 12.1 Å². The molecule has 2 aromatic heterocycles. The molecule has 0 amide bonds. The lowest BCUT2D eigenvalue weighted by Crippen LogP contribution is -1.87. The summed E-state index contributed by atoms with van der Waals surface area (Å²) < 4.78 is 0. The third kappa shape index (κ3) is 1.30. The van der Waals surface area contributed by atoms with E-state index in [1.54, 1.807) is 24.5 Å². The Morgan fingerprint density at radius 3 is 2.39 bits per heavy atom. The van der Waals surface area contributed by atoms with Gasteiger partial charge in [-0.15, -0.1) is 0 Å². The van der Waals surface area contributed by atoms with E-state index in [0.717, 1.165) is 10.8 Å². The molecule has 0 aliphatic rings. The van der Waals surface area contributed by atoms with E-state index >= 15 is 0 Å². The molecule has 3 rings (SSSR count). The number of nitrogens with zero attached hydrogens (tertiary/aromatic N) is 4. The van der Waals surface area contributed by atoms with E-state index in [2.05, 4.69) is 20.9 Å². The Labute approximate surface area is 103 Å². The molecule has 0 unspecified atom stereocenters. The van der Waals surface area contributed by atoms with Gasteiger partial charge in [0.05, 0.1) is 29.2 Å². The Kier molecular flexibility index (Phi) is 2.15. The molecule has 3 aromatic rings. The van der Waals surface area contributed by atoms with Crippen molar-refractivity contribution in [2.75, 3.05) is 0 Å². The summed E-state index contributed by atoms with van der Waals surface area (Å²) in [6.45, 7) is 7.14. The topological polar surface area (TPSA) is 53.9 Å². The van der Waals surface area contributed by atoms with Gasteiger partial charge in [-0.05, 0) is 12.1 Å².